The van der Waals surface area contributed by atoms with Crippen molar-refractivity contribution < 1.29 is 9.59 Å². The standard InChI is InChI=1S/C16H16ClN3O2/c17-13-7-6-11(8-12(13)15(19)21)16(22)20-14(9-18)10-4-2-1-3-5-10/h1-8,14H,9,18H2,(H2,19,21)(H,20,22). The molecule has 1 unspecified atom stereocenters. The fourth-order valence-electron chi connectivity index (χ4n) is 2.06. The molecule has 5 N–H and O–H groups in total. The van der Waals surface area contributed by atoms with Crippen molar-refractivity contribution in [1.29, 1.82) is 0 Å². The van der Waals surface area contributed by atoms with Gasteiger partial charge in [0.15, 0.2) is 0 Å². The highest BCUT2D eigenvalue weighted by molar-refractivity contribution is 6.34. The van der Waals surface area contributed by atoms with Crippen LogP contribution < -0.4 is 16.8 Å². The number of carbonyl (C=O) groups excluding carboxylic acids is 2. The highest BCUT2D eigenvalue weighted by Gasteiger charge is 2.16. The fraction of sp³-hybridized carbons (Fsp3) is 0.125. The van der Waals surface area contributed by atoms with Gasteiger partial charge >= 0.3 is 0 Å². The first-order valence-corrected chi connectivity index (χ1v) is 7.06. The van der Waals surface area contributed by atoms with Gasteiger partial charge < -0.3 is 16.8 Å². The van der Waals surface area contributed by atoms with E-state index in [9.17, 15) is 9.59 Å². The number of nitrogens with one attached hydrogen (secondary N) is 1. The molecule has 0 radical (unpaired) electrons. The molecule has 1 atom stereocenters. The first-order valence-electron chi connectivity index (χ1n) is 6.68. The summed E-state index contributed by atoms with van der Waals surface area (Å²) in [7, 11) is 0. The van der Waals surface area contributed by atoms with Crippen LogP contribution in [0, 0.1) is 0 Å². The molecule has 6 heteroatoms. The number of hydrogen-bond donors (Lipinski definition) is 3. The molecule has 0 fully saturated rings. The van der Waals surface area contributed by atoms with Gasteiger partial charge in [-0.15, -0.1) is 0 Å². The number of amides is 2. The number of benzene rings is 2. The molecule has 5 nitrogen and oxygen atoms in total. The number of halogens is 1. The minimum Gasteiger partial charge on any atom is -0.366 e. The number of rotatable bonds is 5. The Kier molecular flexibility index (Phi) is 5.14. The Labute approximate surface area is 133 Å². The van der Waals surface area contributed by atoms with Crippen molar-refractivity contribution in [2.75, 3.05) is 6.54 Å². The average Bonchev–Trinajstić information content (AvgIpc) is 2.53. The molecule has 114 valence electrons. The lowest BCUT2D eigenvalue weighted by Gasteiger charge is -2.17. The maximum Gasteiger partial charge on any atom is 0.251 e. The largest absolute Gasteiger partial charge is 0.366 e. The molecule has 0 heterocycles. The van der Waals surface area contributed by atoms with E-state index >= 15 is 0 Å². The van der Waals surface area contributed by atoms with E-state index in [4.69, 9.17) is 23.1 Å². The molecule has 0 saturated heterocycles. The first kappa shape index (κ1) is 16.0. The molecule has 0 spiro atoms. The number of hydrogen-bond acceptors (Lipinski definition) is 3. The molecule has 2 aromatic carbocycles. The van der Waals surface area contributed by atoms with E-state index in [0.29, 0.717) is 5.56 Å². The molecule has 2 aromatic rings. The van der Waals surface area contributed by atoms with Gasteiger partial charge in [-0.05, 0) is 23.8 Å². The molecule has 0 aliphatic heterocycles. The van der Waals surface area contributed by atoms with Crippen LogP contribution in [0.5, 0.6) is 0 Å². The van der Waals surface area contributed by atoms with Gasteiger partial charge in [-0.2, -0.15) is 0 Å². The van der Waals surface area contributed by atoms with Crippen LogP contribution in [-0.2, 0) is 0 Å². The van der Waals surface area contributed by atoms with Crippen LogP contribution in [-0.4, -0.2) is 18.4 Å². The summed E-state index contributed by atoms with van der Waals surface area (Å²) in [6, 6.07) is 13.5. The molecular formula is C16H16ClN3O2. The van der Waals surface area contributed by atoms with E-state index in [1.54, 1.807) is 0 Å². The highest BCUT2D eigenvalue weighted by Crippen LogP contribution is 2.18. The molecule has 2 amide bonds. The maximum atomic E-state index is 12.3. The SMILES string of the molecule is NCC(NC(=O)c1ccc(Cl)c(C(N)=O)c1)c1ccccc1. The molecule has 0 bridgehead atoms. The van der Waals surface area contributed by atoms with Gasteiger partial charge in [-0.1, -0.05) is 41.9 Å². The van der Waals surface area contributed by atoms with Gasteiger partial charge in [-0.3, -0.25) is 9.59 Å². The second-order valence-corrected chi connectivity index (χ2v) is 5.14. The van der Waals surface area contributed by atoms with Crippen molar-refractivity contribution in [2.24, 2.45) is 11.5 Å². The Morgan fingerprint density at radius 1 is 1.14 bits per heavy atom. The van der Waals surface area contributed by atoms with Crippen molar-refractivity contribution in [3.63, 3.8) is 0 Å². The van der Waals surface area contributed by atoms with Crippen molar-refractivity contribution in [2.45, 2.75) is 6.04 Å². The van der Waals surface area contributed by atoms with Gasteiger partial charge in [0.1, 0.15) is 0 Å². The predicted molar refractivity (Wildman–Crippen MR) is 85.7 cm³/mol. The van der Waals surface area contributed by atoms with E-state index in [-0.39, 0.29) is 29.1 Å². The lowest BCUT2D eigenvalue weighted by atomic mass is 10.1. The minimum absolute atomic E-state index is 0.110. The van der Waals surface area contributed by atoms with E-state index in [2.05, 4.69) is 5.32 Å². The summed E-state index contributed by atoms with van der Waals surface area (Å²) in [6.07, 6.45) is 0. The molecular weight excluding hydrogens is 302 g/mol. The zero-order valence-corrected chi connectivity index (χ0v) is 12.5. The minimum atomic E-state index is -0.682. The summed E-state index contributed by atoms with van der Waals surface area (Å²) in [5, 5.41) is 3.04. The topological polar surface area (TPSA) is 98.2 Å². The van der Waals surface area contributed by atoms with Crippen LogP contribution in [0.4, 0.5) is 0 Å². The van der Waals surface area contributed by atoms with Crippen LogP contribution in [0.1, 0.15) is 32.3 Å². The van der Waals surface area contributed by atoms with E-state index in [1.165, 1.54) is 18.2 Å². The predicted octanol–water partition coefficient (Wildman–Crippen LogP) is 1.87. The zero-order valence-electron chi connectivity index (χ0n) is 11.8. The summed E-state index contributed by atoms with van der Waals surface area (Å²) in [6.45, 7) is 0.256. The molecule has 2 rings (SSSR count). The first-order chi connectivity index (χ1) is 10.5. The second kappa shape index (κ2) is 7.06. The summed E-state index contributed by atoms with van der Waals surface area (Å²) in [5.74, 6) is -1.03. The van der Waals surface area contributed by atoms with Gasteiger partial charge in [0.2, 0.25) is 5.91 Å². The third-order valence-corrected chi connectivity index (χ3v) is 3.57. The van der Waals surface area contributed by atoms with Crippen molar-refractivity contribution >= 4 is 23.4 Å². The Morgan fingerprint density at radius 3 is 2.41 bits per heavy atom. The molecule has 0 aliphatic rings. The molecule has 0 aliphatic carbocycles. The van der Waals surface area contributed by atoms with Crippen LogP contribution in [0.2, 0.25) is 5.02 Å². The summed E-state index contributed by atoms with van der Waals surface area (Å²) in [5.41, 5.74) is 12.3. The summed E-state index contributed by atoms with van der Waals surface area (Å²) >= 11 is 5.87. The van der Waals surface area contributed by atoms with Gasteiger partial charge in [0.05, 0.1) is 16.6 Å². The smallest absolute Gasteiger partial charge is 0.251 e. The fourth-order valence-corrected chi connectivity index (χ4v) is 2.27. The third-order valence-electron chi connectivity index (χ3n) is 3.24. The van der Waals surface area contributed by atoms with Gasteiger partial charge in [0.25, 0.3) is 5.91 Å². The van der Waals surface area contributed by atoms with Crippen molar-refractivity contribution in [3.8, 4) is 0 Å². The Hall–Kier alpha value is -2.37. The summed E-state index contributed by atoms with van der Waals surface area (Å²) < 4.78 is 0. The van der Waals surface area contributed by atoms with E-state index in [0.717, 1.165) is 5.56 Å². The molecule has 0 saturated carbocycles. The van der Waals surface area contributed by atoms with Crippen molar-refractivity contribution in [3.05, 3.63) is 70.2 Å². The number of primary amides is 1. The Morgan fingerprint density at radius 2 is 1.82 bits per heavy atom. The highest BCUT2D eigenvalue weighted by atomic mass is 35.5. The molecule has 22 heavy (non-hydrogen) atoms. The normalized spacial score (nSPS) is 11.7. The zero-order chi connectivity index (χ0) is 16.1. The van der Waals surface area contributed by atoms with Crippen LogP contribution in [0.3, 0.4) is 0 Å². The number of carbonyl (C=O) groups is 2. The monoisotopic (exact) mass is 317 g/mol. The molecule has 0 aromatic heterocycles. The van der Waals surface area contributed by atoms with E-state index < -0.39 is 5.91 Å². The van der Waals surface area contributed by atoms with Crippen LogP contribution in [0.15, 0.2) is 48.5 Å². The maximum absolute atomic E-state index is 12.3. The van der Waals surface area contributed by atoms with E-state index in [1.807, 2.05) is 30.3 Å². The third kappa shape index (κ3) is 3.63. The van der Waals surface area contributed by atoms with Crippen molar-refractivity contribution in [1.82, 2.24) is 5.32 Å². The Bertz CT molecular complexity index is 689. The summed E-state index contributed by atoms with van der Waals surface area (Å²) in [4.78, 5) is 23.6. The van der Waals surface area contributed by atoms with Crippen LogP contribution >= 0.6 is 11.6 Å². The lowest BCUT2D eigenvalue weighted by Crippen LogP contribution is -2.33. The second-order valence-electron chi connectivity index (χ2n) is 4.73. The number of nitrogens with two attached hydrogens (primary N) is 2. The lowest BCUT2D eigenvalue weighted by molar-refractivity contribution is 0.0938. The van der Waals surface area contributed by atoms with Gasteiger partial charge in [0, 0.05) is 12.1 Å². The quantitative estimate of drug-likeness (QED) is 0.785. The van der Waals surface area contributed by atoms with Gasteiger partial charge in [-0.25, -0.2) is 0 Å². The Balaban J connectivity index is 2.21. The van der Waals surface area contributed by atoms with Crippen LogP contribution in [0.25, 0.3) is 0 Å². The average molecular weight is 318 g/mol.